The molecule has 0 bridgehead atoms. The van der Waals surface area contributed by atoms with Gasteiger partial charge in [0.25, 0.3) is 0 Å². The fourth-order valence-corrected chi connectivity index (χ4v) is 3.93. The summed E-state index contributed by atoms with van der Waals surface area (Å²) in [7, 11) is 1.12. The molecule has 1 amide bonds. The van der Waals surface area contributed by atoms with Gasteiger partial charge in [-0.1, -0.05) is 17.7 Å². The summed E-state index contributed by atoms with van der Waals surface area (Å²) in [5, 5.41) is 3.32. The van der Waals surface area contributed by atoms with Crippen LogP contribution in [0.2, 0.25) is 5.02 Å². The second-order valence-corrected chi connectivity index (χ2v) is 8.66. The lowest BCUT2D eigenvalue weighted by Gasteiger charge is -2.18. The second-order valence-electron chi connectivity index (χ2n) is 6.36. The zero-order valence-corrected chi connectivity index (χ0v) is 17.8. The van der Waals surface area contributed by atoms with Gasteiger partial charge < -0.3 is 10.1 Å². The number of halogens is 1. The molecule has 0 aromatic heterocycles. The number of hydrogen-bond acceptors (Lipinski definition) is 5. The van der Waals surface area contributed by atoms with E-state index < -0.39 is 10.0 Å². The summed E-state index contributed by atoms with van der Waals surface area (Å²) >= 11 is 6.04. The van der Waals surface area contributed by atoms with Crippen LogP contribution in [0.1, 0.15) is 11.1 Å². The molecule has 0 saturated carbocycles. The van der Waals surface area contributed by atoms with Crippen molar-refractivity contribution in [3.63, 3.8) is 0 Å². The fourth-order valence-electron chi connectivity index (χ4n) is 2.74. The molecule has 0 aliphatic heterocycles. The van der Waals surface area contributed by atoms with Gasteiger partial charge in [0.1, 0.15) is 5.75 Å². The molecular weight excluding hydrogens is 402 g/mol. The first kappa shape index (κ1) is 22.2. The molecule has 0 atom stereocenters. The first-order valence-corrected chi connectivity index (χ1v) is 10.4. The number of nitrogens with one attached hydrogen (secondary N) is 2. The average Bonchev–Trinajstić information content (AvgIpc) is 2.63. The fraction of sp³-hybridized carbons (Fsp3) is 0.316. The lowest BCUT2D eigenvalue weighted by Crippen LogP contribution is -2.30. The zero-order chi connectivity index (χ0) is 20.9. The van der Waals surface area contributed by atoms with Crippen molar-refractivity contribution < 1.29 is 17.9 Å². The maximum Gasteiger partial charge on any atom is 0.240 e. The van der Waals surface area contributed by atoms with Crippen LogP contribution in [0.15, 0.2) is 41.3 Å². The van der Waals surface area contributed by atoms with Crippen molar-refractivity contribution in [1.29, 1.82) is 0 Å². The summed E-state index contributed by atoms with van der Waals surface area (Å²) in [4.78, 5) is 14.3. The van der Waals surface area contributed by atoms with Crippen LogP contribution < -0.4 is 14.8 Å². The Morgan fingerprint density at radius 3 is 2.57 bits per heavy atom. The van der Waals surface area contributed by atoms with E-state index >= 15 is 0 Å². The third kappa shape index (κ3) is 5.68. The van der Waals surface area contributed by atoms with Crippen LogP contribution in [0, 0.1) is 6.92 Å². The Hall–Kier alpha value is -2.13. The summed E-state index contributed by atoms with van der Waals surface area (Å²) in [5.41, 5.74) is 1.87. The number of hydrogen-bond donors (Lipinski definition) is 2. The largest absolute Gasteiger partial charge is 0.496 e. The number of sulfonamides is 1. The minimum atomic E-state index is -3.60. The van der Waals surface area contributed by atoms with Gasteiger partial charge in [0.05, 0.1) is 18.6 Å². The average molecular weight is 426 g/mol. The van der Waals surface area contributed by atoms with Crippen molar-refractivity contribution in [3.8, 4) is 5.75 Å². The van der Waals surface area contributed by atoms with Crippen LogP contribution in [0.25, 0.3) is 0 Å². The molecule has 0 radical (unpaired) electrons. The number of nitrogens with zero attached hydrogens (tertiary/aromatic N) is 1. The van der Waals surface area contributed by atoms with E-state index in [0.29, 0.717) is 28.6 Å². The highest BCUT2D eigenvalue weighted by Gasteiger charge is 2.16. The number of likely N-dealkylation sites (N-methyl/N-ethyl adjacent to an activating group) is 1. The SMILES string of the molecule is CNS(=O)(=O)c1cc(NC(=O)CN(C)Cc2cc(Cl)ccc2OC)ccc1C. The Labute approximate surface area is 170 Å². The minimum Gasteiger partial charge on any atom is -0.496 e. The van der Waals surface area contributed by atoms with Gasteiger partial charge >= 0.3 is 0 Å². The number of aryl methyl sites for hydroxylation is 1. The van der Waals surface area contributed by atoms with Crippen LogP contribution in [-0.2, 0) is 21.4 Å². The molecule has 2 aromatic rings. The Balaban J connectivity index is 2.06. The Kier molecular flexibility index (Phi) is 7.42. The van der Waals surface area contributed by atoms with Crippen molar-refractivity contribution in [3.05, 3.63) is 52.5 Å². The molecule has 2 rings (SSSR count). The number of ether oxygens (including phenoxy) is 1. The highest BCUT2D eigenvalue weighted by molar-refractivity contribution is 7.89. The van der Waals surface area contributed by atoms with Crippen LogP contribution in [0.5, 0.6) is 5.75 Å². The zero-order valence-electron chi connectivity index (χ0n) is 16.2. The van der Waals surface area contributed by atoms with E-state index in [4.69, 9.17) is 16.3 Å². The molecule has 7 nitrogen and oxygen atoms in total. The number of benzene rings is 2. The highest BCUT2D eigenvalue weighted by Crippen LogP contribution is 2.24. The number of anilines is 1. The maximum absolute atomic E-state index is 12.4. The van der Waals surface area contributed by atoms with E-state index in [2.05, 4.69) is 10.0 Å². The Bertz CT molecular complexity index is 964. The molecule has 0 saturated heterocycles. The van der Waals surface area contributed by atoms with Crippen molar-refractivity contribution in [1.82, 2.24) is 9.62 Å². The van der Waals surface area contributed by atoms with E-state index in [1.165, 1.54) is 13.1 Å². The molecule has 0 aliphatic carbocycles. The molecule has 28 heavy (non-hydrogen) atoms. The van der Waals surface area contributed by atoms with Crippen molar-refractivity contribution in [2.24, 2.45) is 0 Å². The van der Waals surface area contributed by atoms with Gasteiger partial charge in [-0.25, -0.2) is 13.1 Å². The van der Waals surface area contributed by atoms with E-state index in [1.54, 1.807) is 51.4 Å². The van der Waals surface area contributed by atoms with Crippen LogP contribution in [-0.4, -0.2) is 47.0 Å². The maximum atomic E-state index is 12.4. The Morgan fingerprint density at radius 1 is 1.21 bits per heavy atom. The van der Waals surface area contributed by atoms with Crippen LogP contribution >= 0.6 is 11.6 Å². The standard InChI is InChI=1S/C19H24ClN3O4S/c1-13-5-7-16(10-18(13)28(25,26)21-2)22-19(24)12-23(3)11-14-9-15(20)6-8-17(14)27-4/h5-10,21H,11-12H2,1-4H3,(H,22,24). The van der Waals surface area contributed by atoms with E-state index in [1.807, 2.05) is 4.90 Å². The van der Waals surface area contributed by atoms with Gasteiger partial charge in [0.15, 0.2) is 0 Å². The molecule has 0 aliphatic rings. The molecule has 0 unspecified atom stereocenters. The third-order valence-corrected chi connectivity index (χ3v) is 5.92. The summed E-state index contributed by atoms with van der Waals surface area (Å²) in [6.45, 7) is 2.27. The van der Waals surface area contributed by atoms with E-state index in [-0.39, 0.29) is 17.3 Å². The monoisotopic (exact) mass is 425 g/mol. The summed E-state index contributed by atoms with van der Waals surface area (Å²) in [5.74, 6) is 0.428. The van der Waals surface area contributed by atoms with Crippen LogP contribution in [0.3, 0.4) is 0 Å². The topological polar surface area (TPSA) is 87.7 Å². The molecule has 0 heterocycles. The van der Waals surface area contributed by atoms with Crippen molar-refractivity contribution in [2.75, 3.05) is 33.1 Å². The second kappa shape index (κ2) is 9.38. The summed E-state index contributed by atoms with van der Waals surface area (Å²) in [6, 6.07) is 10.1. The van der Waals surface area contributed by atoms with E-state index in [9.17, 15) is 13.2 Å². The molecule has 0 spiro atoms. The molecular formula is C19H24ClN3O4S. The molecule has 2 aromatic carbocycles. The molecule has 152 valence electrons. The lowest BCUT2D eigenvalue weighted by molar-refractivity contribution is -0.117. The Morgan fingerprint density at radius 2 is 1.93 bits per heavy atom. The minimum absolute atomic E-state index is 0.109. The predicted molar refractivity (Wildman–Crippen MR) is 110 cm³/mol. The van der Waals surface area contributed by atoms with E-state index in [0.717, 1.165) is 5.56 Å². The van der Waals surface area contributed by atoms with Gasteiger partial charge in [0, 0.05) is 22.8 Å². The third-order valence-electron chi connectivity index (χ3n) is 4.13. The van der Waals surface area contributed by atoms with Gasteiger partial charge in [-0.05, 0) is 56.9 Å². The molecule has 2 N–H and O–H groups in total. The molecule has 0 fully saturated rings. The predicted octanol–water partition coefficient (Wildman–Crippen LogP) is 2.64. The summed E-state index contributed by atoms with van der Waals surface area (Å²) in [6.07, 6.45) is 0. The lowest BCUT2D eigenvalue weighted by atomic mass is 10.2. The number of carbonyl (C=O) groups is 1. The van der Waals surface area contributed by atoms with Gasteiger partial charge in [0.2, 0.25) is 15.9 Å². The van der Waals surface area contributed by atoms with Crippen molar-refractivity contribution >= 4 is 33.2 Å². The normalized spacial score (nSPS) is 11.5. The number of rotatable bonds is 8. The van der Waals surface area contributed by atoms with Crippen molar-refractivity contribution in [2.45, 2.75) is 18.4 Å². The number of carbonyl (C=O) groups excluding carboxylic acids is 1. The van der Waals surface area contributed by atoms with Gasteiger partial charge in [-0.2, -0.15) is 0 Å². The first-order chi connectivity index (χ1) is 13.2. The van der Waals surface area contributed by atoms with Gasteiger partial charge in [-0.15, -0.1) is 0 Å². The summed E-state index contributed by atoms with van der Waals surface area (Å²) < 4.78 is 31.8. The first-order valence-electron chi connectivity index (χ1n) is 8.51. The molecule has 9 heteroatoms. The highest BCUT2D eigenvalue weighted by atomic mass is 35.5. The van der Waals surface area contributed by atoms with Gasteiger partial charge in [-0.3, -0.25) is 9.69 Å². The van der Waals surface area contributed by atoms with Crippen LogP contribution in [0.4, 0.5) is 5.69 Å². The smallest absolute Gasteiger partial charge is 0.240 e. The number of methoxy groups -OCH3 is 1. The quantitative estimate of drug-likeness (QED) is 0.678. The number of amides is 1.